The van der Waals surface area contributed by atoms with E-state index in [-0.39, 0.29) is 6.09 Å². The van der Waals surface area contributed by atoms with Crippen molar-refractivity contribution in [3.8, 4) is 0 Å². The van der Waals surface area contributed by atoms with E-state index in [2.05, 4.69) is 10.2 Å². The lowest BCUT2D eigenvalue weighted by atomic mass is 10.1. The molecule has 1 fully saturated rings. The lowest BCUT2D eigenvalue weighted by Gasteiger charge is -2.18. The molecule has 1 N–H and O–H groups in total. The third-order valence-corrected chi connectivity index (χ3v) is 3.54. The van der Waals surface area contributed by atoms with Crippen molar-refractivity contribution < 1.29 is 9.53 Å². The number of hydrogen-bond acceptors (Lipinski definition) is 3. The molecule has 1 aromatic rings. The van der Waals surface area contributed by atoms with Crippen LogP contribution in [-0.4, -0.2) is 32.3 Å². The van der Waals surface area contributed by atoms with E-state index in [1.807, 2.05) is 24.3 Å². The monoisotopic (exact) mass is 282 g/mol. The highest BCUT2D eigenvalue weighted by Crippen LogP contribution is 2.24. The van der Waals surface area contributed by atoms with Gasteiger partial charge < -0.3 is 15.0 Å². The summed E-state index contributed by atoms with van der Waals surface area (Å²) < 4.78 is 4.85. The second kappa shape index (κ2) is 6.66. The molecule has 0 radical (unpaired) electrons. The summed E-state index contributed by atoms with van der Waals surface area (Å²) in [4.78, 5) is 13.5. The van der Waals surface area contributed by atoms with Crippen LogP contribution in [0, 0.1) is 5.92 Å². The Morgan fingerprint density at radius 1 is 1.47 bits per heavy atom. The van der Waals surface area contributed by atoms with Crippen LogP contribution in [0.15, 0.2) is 24.3 Å². The van der Waals surface area contributed by atoms with Gasteiger partial charge in [-0.2, -0.15) is 0 Å². The minimum absolute atomic E-state index is 0.326. The third kappa shape index (κ3) is 4.03. The summed E-state index contributed by atoms with van der Waals surface area (Å²) in [7, 11) is 0. The highest BCUT2D eigenvalue weighted by molar-refractivity contribution is 6.30. The van der Waals surface area contributed by atoms with Gasteiger partial charge in [-0.05, 0) is 43.5 Å². The number of halogens is 1. The van der Waals surface area contributed by atoms with Crippen LogP contribution in [0.3, 0.4) is 0 Å². The lowest BCUT2D eigenvalue weighted by molar-refractivity contribution is 0.151. The van der Waals surface area contributed by atoms with Gasteiger partial charge in [-0.3, -0.25) is 0 Å². The van der Waals surface area contributed by atoms with E-state index in [4.69, 9.17) is 16.3 Å². The summed E-state index contributed by atoms with van der Waals surface area (Å²) in [5.41, 5.74) is 1.18. The molecule has 104 valence electrons. The summed E-state index contributed by atoms with van der Waals surface area (Å²) in [6, 6.07) is 7.87. The van der Waals surface area contributed by atoms with Crippen LogP contribution in [0.25, 0.3) is 0 Å². The van der Waals surface area contributed by atoms with Crippen molar-refractivity contribution in [1.29, 1.82) is 0 Å². The molecule has 1 atom stereocenters. The number of nitrogens with zero attached hydrogens (tertiary/aromatic N) is 1. The number of nitrogens with one attached hydrogen (secondary N) is 1. The van der Waals surface area contributed by atoms with Gasteiger partial charge in [-0.15, -0.1) is 0 Å². The van der Waals surface area contributed by atoms with E-state index in [1.165, 1.54) is 5.69 Å². The maximum absolute atomic E-state index is 11.2. The Bertz CT molecular complexity index is 422. The molecule has 1 aliphatic rings. The molecule has 1 amide bonds. The van der Waals surface area contributed by atoms with Crippen LogP contribution in [0.5, 0.6) is 0 Å². The van der Waals surface area contributed by atoms with E-state index in [0.29, 0.717) is 19.1 Å². The van der Waals surface area contributed by atoms with Crippen molar-refractivity contribution >= 4 is 23.4 Å². The molecule has 0 aliphatic carbocycles. The fraction of sp³-hybridized carbons (Fsp3) is 0.500. The molecule has 1 aliphatic heterocycles. The maximum atomic E-state index is 11.2. The molecule has 1 saturated heterocycles. The normalized spacial score (nSPS) is 18.4. The highest BCUT2D eigenvalue weighted by atomic mass is 35.5. The van der Waals surface area contributed by atoms with Gasteiger partial charge in [0.2, 0.25) is 0 Å². The Morgan fingerprint density at radius 3 is 2.89 bits per heavy atom. The van der Waals surface area contributed by atoms with E-state index < -0.39 is 0 Å². The molecule has 0 aromatic heterocycles. The number of carbonyl (C=O) groups excluding carboxylic acids is 1. The highest BCUT2D eigenvalue weighted by Gasteiger charge is 2.23. The van der Waals surface area contributed by atoms with Crippen molar-refractivity contribution in [2.24, 2.45) is 5.92 Å². The average molecular weight is 283 g/mol. The summed E-state index contributed by atoms with van der Waals surface area (Å²) in [5.74, 6) is 0.472. The van der Waals surface area contributed by atoms with Crippen LogP contribution in [0.4, 0.5) is 10.5 Å². The van der Waals surface area contributed by atoms with Crippen molar-refractivity contribution in [3.05, 3.63) is 29.3 Å². The van der Waals surface area contributed by atoms with Gasteiger partial charge in [0.1, 0.15) is 0 Å². The molecule has 0 bridgehead atoms. The molecule has 1 aromatic carbocycles. The summed E-state index contributed by atoms with van der Waals surface area (Å²) in [6.45, 7) is 4.85. The zero-order chi connectivity index (χ0) is 13.7. The van der Waals surface area contributed by atoms with Gasteiger partial charge in [0, 0.05) is 30.3 Å². The second-order valence-electron chi connectivity index (χ2n) is 4.68. The molecule has 5 heteroatoms. The number of benzene rings is 1. The van der Waals surface area contributed by atoms with Crippen molar-refractivity contribution in [2.75, 3.05) is 31.1 Å². The standard InChI is InChI=1S/C14H19ClN2O2/c1-2-19-14(18)16-9-11-7-8-17(10-11)13-5-3-12(15)4-6-13/h3-6,11H,2,7-10H2,1H3,(H,16,18). The van der Waals surface area contributed by atoms with E-state index in [1.54, 1.807) is 6.92 Å². The minimum atomic E-state index is -0.326. The van der Waals surface area contributed by atoms with Gasteiger partial charge in [0.25, 0.3) is 0 Å². The molecule has 0 spiro atoms. The Morgan fingerprint density at radius 2 is 2.21 bits per heavy atom. The summed E-state index contributed by atoms with van der Waals surface area (Å²) in [6.07, 6.45) is 0.752. The van der Waals surface area contributed by atoms with E-state index in [0.717, 1.165) is 24.5 Å². The van der Waals surface area contributed by atoms with Crippen LogP contribution in [0.2, 0.25) is 5.02 Å². The fourth-order valence-electron chi connectivity index (χ4n) is 2.30. The largest absolute Gasteiger partial charge is 0.450 e. The van der Waals surface area contributed by atoms with Gasteiger partial charge >= 0.3 is 6.09 Å². The first kappa shape index (κ1) is 14.0. The Balaban J connectivity index is 1.80. The molecule has 19 heavy (non-hydrogen) atoms. The van der Waals surface area contributed by atoms with Gasteiger partial charge in [0.15, 0.2) is 0 Å². The quantitative estimate of drug-likeness (QED) is 0.923. The Hall–Kier alpha value is -1.42. The number of rotatable bonds is 4. The Labute approximate surface area is 118 Å². The lowest BCUT2D eigenvalue weighted by Crippen LogP contribution is -2.31. The van der Waals surface area contributed by atoms with Crippen LogP contribution in [-0.2, 0) is 4.74 Å². The zero-order valence-electron chi connectivity index (χ0n) is 11.1. The van der Waals surface area contributed by atoms with Crippen LogP contribution >= 0.6 is 11.6 Å². The summed E-state index contributed by atoms with van der Waals surface area (Å²) >= 11 is 5.88. The predicted molar refractivity (Wildman–Crippen MR) is 76.8 cm³/mol. The van der Waals surface area contributed by atoms with Gasteiger partial charge in [0.05, 0.1) is 6.61 Å². The maximum Gasteiger partial charge on any atom is 0.407 e. The van der Waals surface area contributed by atoms with Crippen molar-refractivity contribution in [3.63, 3.8) is 0 Å². The topological polar surface area (TPSA) is 41.6 Å². The number of alkyl carbamates (subject to hydrolysis) is 1. The molecule has 4 nitrogen and oxygen atoms in total. The summed E-state index contributed by atoms with van der Waals surface area (Å²) in [5, 5.41) is 3.55. The average Bonchev–Trinajstić information content (AvgIpc) is 2.86. The van der Waals surface area contributed by atoms with Crippen LogP contribution in [0.1, 0.15) is 13.3 Å². The minimum Gasteiger partial charge on any atom is -0.450 e. The third-order valence-electron chi connectivity index (χ3n) is 3.29. The SMILES string of the molecule is CCOC(=O)NCC1CCN(c2ccc(Cl)cc2)C1. The molecular formula is C14H19ClN2O2. The second-order valence-corrected chi connectivity index (χ2v) is 5.11. The van der Waals surface area contributed by atoms with Gasteiger partial charge in [-0.1, -0.05) is 11.6 Å². The number of ether oxygens (including phenoxy) is 1. The number of hydrogen-bond donors (Lipinski definition) is 1. The first-order valence-corrected chi connectivity index (χ1v) is 6.98. The number of amides is 1. The first-order chi connectivity index (χ1) is 9.19. The smallest absolute Gasteiger partial charge is 0.407 e. The molecule has 0 saturated carbocycles. The van der Waals surface area contributed by atoms with Crippen LogP contribution < -0.4 is 10.2 Å². The van der Waals surface area contributed by atoms with Gasteiger partial charge in [-0.25, -0.2) is 4.79 Å². The zero-order valence-corrected chi connectivity index (χ0v) is 11.8. The predicted octanol–water partition coefficient (Wildman–Crippen LogP) is 2.91. The molecule has 1 unspecified atom stereocenters. The molecule has 1 heterocycles. The molecule has 2 rings (SSSR count). The Kier molecular flexibility index (Phi) is 4.91. The molecular weight excluding hydrogens is 264 g/mol. The first-order valence-electron chi connectivity index (χ1n) is 6.60. The number of carbonyl (C=O) groups is 1. The van der Waals surface area contributed by atoms with E-state index >= 15 is 0 Å². The van der Waals surface area contributed by atoms with Crippen molar-refractivity contribution in [2.45, 2.75) is 13.3 Å². The number of anilines is 1. The van der Waals surface area contributed by atoms with Crippen molar-refractivity contribution in [1.82, 2.24) is 5.32 Å². The fourth-order valence-corrected chi connectivity index (χ4v) is 2.42. The van der Waals surface area contributed by atoms with E-state index in [9.17, 15) is 4.79 Å².